The summed E-state index contributed by atoms with van der Waals surface area (Å²) < 4.78 is 5.67. The lowest BCUT2D eigenvalue weighted by atomic mass is 9.87. The molecule has 1 aromatic carbocycles. The van der Waals surface area contributed by atoms with E-state index in [1.807, 2.05) is 0 Å². The zero-order chi connectivity index (χ0) is 15.7. The van der Waals surface area contributed by atoms with E-state index < -0.39 is 0 Å². The summed E-state index contributed by atoms with van der Waals surface area (Å²) in [5.74, 6) is 0. The first-order chi connectivity index (χ1) is 11.9. The molecule has 0 radical (unpaired) electrons. The number of rotatable bonds is 0. The summed E-state index contributed by atoms with van der Waals surface area (Å²) in [5, 5.41) is 1.45. The van der Waals surface area contributed by atoms with Crippen LogP contribution in [0.4, 0.5) is 0 Å². The van der Waals surface area contributed by atoms with Crippen LogP contribution in [0.3, 0.4) is 0 Å². The van der Waals surface area contributed by atoms with Crippen molar-refractivity contribution in [2.45, 2.75) is 32.2 Å². The maximum Gasteiger partial charge on any atom is 0.0923 e. The number of ether oxygens (including phenoxy) is 1. The maximum absolute atomic E-state index is 5.67. The smallest absolute Gasteiger partial charge is 0.0923 e. The summed E-state index contributed by atoms with van der Waals surface area (Å²) >= 11 is 0. The van der Waals surface area contributed by atoms with Crippen molar-refractivity contribution in [1.82, 2.24) is 9.88 Å². The zero-order valence-corrected chi connectivity index (χ0v) is 13.8. The Morgan fingerprint density at radius 1 is 1.04 bits per heavy atom. The fourth-order valence-electron chi connectivity index (χ4n) is 4.92. The van der Waals surface area contributed by atoms with Crippen LogP contribution in [0.2, 0.25) is 0 Å². The van der Waals surface area contributed by atoms with Crippen LogP contribution in [0.15, 0.2) is 35.4 Å². The molecule has 0 spiro atoms. The minimum Gasteiger partial charge on any atom is -0.377 e. The number of allylic oxidation sites excluding steroid dienone is 1. The lowest BCUT2D eigenvalue weighted by molar-refractivity contribution is 0.141. The third-order valence-corrected chi connectivity index (χ3v) is 6.06. The Morgan fingerprint density at radius 3 is 3.04 bits per heavy atom. The van der Waals surface area contributed by atoms with E-state index >= 15 is 0 Å². The molecule has 6 rings (SSSR count). The highest BCUT2D eigenvalue weighted by Gasteiger charge is 2.34. The highest BCUT2D eigenvalue weighted by molar-refractivity contribution is 5.91. The van der Waals surface area contributed by atoms with Crippen LogP contribution < -0.4 is 0 Å². The first kappa shape index (κ1) is 13.2. The van der Waals surface area contributed by atoms with E-state index in [9.17, 15) is 0 Å². The van der Waals surface area contributed by atoms with Crippen molar-refractivity contribution in [3.63, 3.8) is 0 Å². The summed E-state index contributed by atoms with van der Waals surface area (Å²) in [5.41, 5.74) is 11.3. The second-order valence-electron chi connectivity index (χ2n) is 7.40. The number of aromatic nitrogens is 1. The van der Waals surface area contributed by atoms with Crippen LogP contribution in [0.25, 0.3) is 16.6 Å². The van der Waals surface area contributed by atoms with Gasteiger partial charge in [0.05, 0.1) is 30.1 Å². The van der Waals surface area contributed by atoms with Gasteiger partial charge in [0.2, 0.25) is 0 Å². The Kier molecular flexibility index (Phi) is 2.58. The molecule has 1 aliphatic carbocycles. The summed E-state index contributed by atoms with van der Waals surface area (Å²) in [4.78, 5) is 7.63. The van der Waals surface area contributed by atoms with Crippen molar-refractivity contribution in [3.05, 3.63) is 57.8 Å². The highest BCUT2D eigenvalue weighted by atomic mass is 16.5. The van der Waals surface area contributed by atoms with Crippen LogP contribution in [-0.2, 0) is 24.1 Å². The third-order valence-electron chi connectivity index (χ3n) is 6.06. The van der Waals surface area contributed by atoms with Gasteiger partial charge in [0.15, 0.2) is 0 Å². The summed E-state index contributed by atoms with van der Waals surface area (Å²) in [7, 11) is 0. The largest absolute Gasteiger partial charge is 0.377 e. The van der Waals surface area contributed by atoms with Gasteiger partial charge in [-0.1, -0.05) is 12.1 Å². The number of pyridine rings is 1. The molecule has 4 heterocycles. The predicted octanol–water partition coefficient (Wildman–Crippen LogP) is 3.61. The molecular weight excluding hydrogens is 296 g/mol. The van der Waals surface area contributed by atoms with E-state index in [4.69, 9.17) is 9.72 Å². The lowest BCUT2D eigenvalue weighted by Crippen LogP contribution is -2.27. The fourth-order valence-corrected chi connectivity index (χ4v) is 4.92. The minimum absolute atomic E-state index is 0.804. The van der Waals surface area contributed by atoms with E-state index in [2.05, 4.69) is 29.2 Å². The molecule has 0 saturated heterocycles. The molecule has 0 atom stereocenters. The van der Waals surface area contributed by atoms with Gasteiger partial charge in [-0.25, -0.2) is 4.98 Å². The number of hydrogen-bond acceptors (Lipinski definition) is 3. The normalized spacial score (nSPS) is 21.5. The van der Waals surface area contributed by atoms with Crippen LogP contribution in [-0.4, -0.2) is 29.6 Å². The molecule has 0 amide bonds. The Balaban J connectivity index is 1.60. The summed E-state index contributed by atoms with van der Waals surface area (Å²) in [6.07, 6.45) is 7.11. The highest BCUT2D eigenvalue weighted by Crippen LogP contribution is 2.43. The molecule has 4 aliphatic rings. The predicted molar refractivity (Wildman–Crippen MR) is 94.6 cm³/mol. The molecule has 0 unspecified atom stereocenters. The molecule has 3 nitrogen and oxygen atoms in total. The fraction of sp³-hybridized carbons (Fsp3) is 0.381. The Bertz CT molecular complexity index is 954. The lowest BCUT2D eigenvalue weighted by Gasteiger charge is -2.30. The monoisotopic (exact) mass is 316 g/mol. The van der Waals surface area contributed by atoms with Crippen molar-refractivity contribution in [2.24, 2.45) is 0 Å². The van der Waals surface area contributed by atoms with Crippen LogP contribution >= 0.6 is 0 Å². The molecule has 3 heteroatoms. The Labute approximate surface area is 141 Å². The van der Waals surface area contributed by atoms with Gasteiger partial charge < -0.3 is 9.64 Å². The molecule has 1 aromatic heterocycles. The van der Waals surface area contributed by atoms with Crippen molar-refractivity contribution in [2.75, 3.05) is 19.8 Å². The summed E-state index contributed by atoms with van der Waals surface area (Å²) in [6, 6.07) is 6.66. The topological polar surface area (TPSA) is 25.4 Å². The van der Waals surface area contributed by atoms with Crippen LogP contribution in [0.5, 0.6) is 0 Å². The van der Waals surface area contributed by atoms with Gasteiger partial charge >= 0.3 is 0 Å². The van der Waals surface area contributed by atoms with Gasteiger partial charge in [-0.2, -0.15) is 0 Å². The quantitative estimate of drug-likeness (QED) is 0.742. The number of benzene rings is 1. The number of aryl methyl sites for hydroxylation is 2. The summed E-state index contributed by atoms with van der Waals surface area (Å²) in [6.45, 7) is 3.69. The van der Waals surface area contributed by atoms with E-state index in [0.717, 1.165) is 32.7 Å². The van der Waals surface area contributed by atoms with Gasteiger partial charge in [0.25, 0.3) is 0 Å². The molecule has 0 saturated carbocycles. The first-order valence-electron chi connectivity index (χ1n) is 9.07. The number of fused-ring (bicyclic) bond motifs is 4. The molecule has 0 bridgehead atoms. The standard InChI is InChI=1S/C21H20N2O/c1-3-13-4-2-6-18-20(13)16(5-1)17-11-23-10-15-12-24-8-7-14(15)9-19(23)21(17)22-18/h2,4,6,9H,1,3,5,7-8,10-12H2. The van der Waals surface area contributed by atoms with Gasteiger partial charge in [-0.3, -0.25) is 0 Å². The molecule has 2 aromatic rings. The van der Waals surface area contributed by atoms with Crippen LogP contribution in [0.1, 0.15) is 35.2 Å². The van der Waals surface area contributed by atoms with Gasteiger partial charge in [0, 0.05) is 24.0 Å². The minimum atomic E-state index is 0.804. The van der Waals surface area contributed by atoms with E-state index in [1.54, 1.807) is 5.56 Å². The van der Waals surface area contributed by atoms with E-state index in [-0.39, 0.29) is 0 Å². The average Bonchev–Trinajstić information content (AvgIpc) is 2.98. The van der Waals surface area contributed by atoms with Gasteiger partial charge in [-0.15, -0.1) is 0 Å². The molecule has 0 fully saturated rings. The average molecular weight is 316 g/mol. The second-order valence-corrected chi connectivity index (χ2v) is 7.40. The van der Waals surface area contributed by atoms with Crippen LogP contribution in [0, 0.1) is 0 Å². The molecular formula is C21H20N2O. The molecule has 0 N–H and O–H groups in total. The first-order valence-corrected chi connectivity index (χ1v) is 9.07. The van der Waals surface area contributed by atoms with Crippen molar-refractivity contribution < 1.29 is 4.74 Å². The molecule has 3 aliphatic heterocycles. The SMILES string of the molecule is C1=C2c3nc4cccc5c4c(c3CN2CC2=C1CCOC2)CCC5. The van der Waals surface area contributed by atoms with Gasteiger partial charge in [-0.05, 0) is 60.1 Å². The second kappa shape index (κ2) is 4.70. The zero-order valence-electron chi connectivity index (χ0n) is 13.8. The van der Waals surface area contributed by atoms with Crippen molar-refractivity contribution >= 4 is 16.6 Å². The number of nitrogens with zero attached hydrogens (tertiary/aromatic N) is 2. The number of hydrogen-bond donors (Lipinski definition) is 0. The Hall–Kier alpha value is -2.13. The maximum atomic E-state index is 5.67. The van der Waals surface area contributed by atoms with Gasteiger partial charge in [0.1, 0.15) is 0 Å². The molecule has 24 heavy (non-hydrogen) atoms. The van der Waals surface area contributed by atoms with E-state index in [0.29, 0.717) is 0 Å². The van der Waals surface area contributed by atoms with Crippen molar-refractivity contribution in [1.29, 1.82) is 0 Å². The molecule has 120 valence electrons. The van der Waals surface area contributed by atoms with Crippen molar-refractivity contribution in [3.8, 4) is 0 Å². The van der Waals surface area contributed by atoms with E-state index in [1.165, 1.54) is 63.8 Å². The third kappa shape index (κ3) is 1.68. The Morgan fingerprint density at radius 2 is 2.04 bits per heavy atom.